The number of hydrogen-bond donors (Lipinski definition) is 1. The van der Waals surface area contributed by atoms with Gasteiger partial charge in [-0.3, -0.25) is 9.78 Å². The van der Waals surface area contributed by atoms with Gasteiger partial charge in [0.1, 0.15) is 0 Å². The molecule has 122 valence electrons. The number of amides is 1. The number of tetrazole rings is 1. The van der Waals surface area contributed by atoms with E-state index in [4.69, 9.17) is 5.73 Å². The summed E-state index contributed by atoms with van der Waals surface area (Å²) in [6.45, 7) is 5.94. The number of primary amides is 1. The Balaban J connectivity index is 2.13. The summed E-state index contributed by atoms with van der Waals surface area (Å²) in [4.78, 5) is 16.3. The molecule has 0 unspecified atom stereocenters. The van der Waals surface area contributed by atoms with Gasteiger partial charge in [-0.05, 0) is 41.1 Å². The molecule has 7 nitrogen and oxygen atoms in total. The van der Waals surface area contributed by atoms with E-state index in [1.807, 2.05) is 39.0 Å². The zero-order valence-corrected chi connectivity index (χ0v) is 13.8. The zero-order chi connectivity index (χ0) is 17.3. The number of hydrogen-bond acceptors (Lipinski definition) is 5. The van der Waals surface area contributed by atoms with Crippen molar-refractivity contribution in [3.05, 3.63) is 53.5 Å². The number of nitrogens with zero attached hydrogens (tertiary/aromatic N) is 5. The maximum Gasteiger partial charge on any atom is 0.250 e. The highest BCUT2D eigenvalue weighted by Gasteiger charge is 2.18. The number of carbonyl (C=O) groups is 1. The monoisotopic (exact) mass is 322 g/mol. The lowest BCUT2D eigenvalue weighted by Crippen LogP contribution is -2.17. The second-order valence-corrected chi connectivity index (χ2v) is 5.92. The SMILES string of the molecule is Cc1ccc(-c2ccc(-n3nnnc3C(C)C)c(C(N)=O)c2)nc1. The van der Waals surface area contributed by atoms with E-state index < -0.39 is 5.91 Å². The first-order valence-corrected chi connectivity index (χ1v) is 7.63. The molecule has 1 aromatic carbocycles. The van der Waals surface area contributed by atoms with Crippen LogP contribution < -0.4 is 5.73 Å². The number of aromatic nitrogens is 5. The van der Waals surface area contributed by atoms with Crippen LogP contribution >= 0.6 is 0 Å². The van der Waals surface area contributed by atoms with Crippen molar-refractivity contribution < 1.29 is 4.79 Å². The summed E-state index contributed by atoms with van der Waals surface area (Å²) in [7, 11) is 0. The molecule has 1 amide bonds. The molecule has 0 aliphatic rings. The van der Waals surface area contributed by atoms with Crippen LogP contribution in [0.3, 0.4) is 0 Å². The van der Waals surface area contributed by atoms with Crippen LogP contribution in [0.4, 0.5) is 0 Å². The van der Waals surface area contributed by atoms with Gasteiger partial charge in [-0.1, -0.05) is 26.0 Å². The quantitative estimate of drug-likeness (QED) is 0.794. The highest BCUT2D eigenvalue weighted by molar-refractivity contribution is 5.97. The van der Waals surface area contributed by atoms with Gasteiger partial charge in [0.05, 0.1) is 16.9 Å². The summed E-state index contributed by atoms with van der Waals surface area (Å²) >= 11 is 0. The highest BCUT2D eigenvalue weighted by Crippen LogP contribution is 2.24. The Kier molecular flexibility index (Phi) is 4.07. The van der Waals surface area contributed by atoms with Crippen LogP contribution in [0.25, 0.3) is 16.9 Å². The molecule has 0 aliphatic carbocycles. The second-order valence-electron chi connectivity index (χ2n) is 5.92. The summed E-state index contributed by atoms with van der Waals surface area (Å²) in [5.41, 5.74) is 9.15. The number of rotatable bonds is 4. The molecule has 0 spiro atoms. The van der Waals surface area contributed by atoms with E-state index in [9.17, 15) is 4.79 Å². The van der Waals surface area contributed by atoms with Crippen LogP contribution in [-0.2, 0) is 0 Å². The molecule has 0 saturated carbocycles. The Morgan fingerprint density at radius 3 is 2.62 bits per heavy atom. The van der Waals surface area contributed by atoms with E-state index in [2.05, 4.69) is 20.5 Å². The molecule has 0 aliphatic heterocycles. The van der Waals surface area contributed by atoms with Crippen molar-refractivity contribution in [3.63, 3.8) is 0 Å². The Morgan fingerprint density at radius 2 is 2.00 bits per heavy atom. The lowest BCUT2D eigenvalue weighted by molar-refractivity contribution is 0.1000. The summed E-state index contributed by atoms with van der Waals surface area (Å²) in [6.07, 6.45) is 1.78. The van der Waals surface area contributed by atoms with Crippen molar-refractivity contribution in [2.75, 3.05) is 0 Å². The van der Waals surface area contributed by atoms with Crippen LogP contribution in [0.2, 0.25) is 0 Å². The third-order valence-electron chi connectivity index (χ3n) is 3.71. The maximum atomic E-state index is 12.0. The lowest BCUT2D eigenvalue weighted by Gasteiger charge is -2.12. The molecular weight excluding hydrogens is 304 g/mol. The minimum Gasteiger partial charge on any atom is -0.366 e. The van der Waals surface area contributed by atoms with E-state index in [1.165, 1.54) is 0 Å². The van der Waals surface area contributed by atoms with Gasteiger partial charge in [0, 0.05) is 17.7 Å². The molecule has 0 saturated heterocycles. The van der Waals surface area contributed by atoms with Gasteiger partial charge >= 0.3 is 0 Å². The van der Waals surface area contributed by atoms with Gasteiger partial charge in [-0.15, -0.1) is 5.10 Å². The van der Waals surface area contributed by atoms with Crippen molar-refractivity contribution in [1.82, 2.24) is 25.2 Å². The van der Waals surface area contributed by atoms with Crippen LogP contribution in [0.15, 0.2) is 36.5 Å². The standard InChI is InChI=1S/C17H18N6O/c1-10(2)17-20-21-22-23(17)15-7-5-12(8-13(15)16(18)24)14-6-4-11(3)9-19-14/h4-10H,1-3H3,(H2,18,24). The smallest absolute Gasteiger partial charge is 0.250 e. The van der Waals surface area contributed by atoms with Gasteiger partial charge in [-0.25, -0.2) is 0 Å². The van der Waals surface area contributed by atoms with Crippen molar-refractivity contribution in [2.24, 2.45) is 5.73 Å². The normalized spacial score (nSPS) is 11.0. The average Bonchev–Trinajstić information content (AvgIpc) is 3.04. The molecular formula is C17H18N6O. The Hall–Kier alpha value is -3.09. The third kappa shape index (κ3) is 2.88. The van der Waals surface area contributed by atoms with Crippen molar-refractivity contribution in [1.29, 1.82) is 0 Å². The fourth-order valence-corrected chi connectivity index (χ4v) is 2.44. The molecule has 2 N–H and O–H groups in total. The van der Waals surface area contributed by atoms with Crippen LogP contribution in [0, 0.1) is 6.92 Å². The molecule has 2 aromatic heterocycles. The van der Waals surface area contributed by atoms with Crippen LogP contribution in [0.5, 0.6) is 0 Å². The second kappa shape index (κ2) is 6.19. The minimum absolute atomic E-state index is 0.110. The number of pyridine rings is 1. The lowest BCUT2D eigenvalue weighted by atomic mass is 10.0. The number of aryl methyl sites for hydroxylation is 1. The first-order chi connectivity index (χ1) is 11.5. The largest absolute Gasteiger partial charge is 0.366 e. The van der Waals surface area contributed by atoms with Gasteiger partial charge < -0.3 is 5.73 Å². The van der Waals surface area contributed by atoms with Crippen LogP contribution in [0.1, 0.15) is 41.5 Å². The fourth-order valence-electron chi connectivity index (χ4n) is 2.44. The predicted octanol–water partition coefficient (Wildman–Crippen LogP) is 2.26. The molecule has 7 heteroatoms. The van der Waals surface area contributed by atoms with E-state index in [0.29, 0.717) is 17.1 Å². The fraction of sp³-hybridized carbons (Fsp3) is 0.235. The molecule has 3 aromatic rings. The maximum absolute atomic E-state index is 12.0. The average molecular weight is 322 g/mol. The summed E-state index contributed by atoms with van der Waals surface area (Å²) in [6, 6.07) is 9.27. The summed E-state index contributed by atoms with van der Waals surface area (Å²) in [5, 5.41) is 11.7. The van der Waals surface area contributed by atoms with Gasteiger partial charge in [0.2, 0.25) is 0 Å². The van der Waals surface area contributed by atoms with Gasteiger partial charge in [0.25, 0.3) is 5.91 Å². The Bertz CT molecular complexity index is 882. The molecule has 0 bridgehead atoms. The van der Waals surface area contributed by atoms with E-state index in [-0.39, 0.29) is 5.92 Å². The van der Waals surface area contributed by atoms with Crippen molar-refractivity contribution in [2.45, 2.75) is 26.7 Å². The number of carbonyl (C=O) groups excluding carboxylic acids is 1. The number of nitrogens with two attached hydrogens (primary N) is 1. The van der Waals surface area contributed by atoms with Gasteiger partial charge in [-0.2, -0.15) is 4.68 Å². The van der Waals surface area contributed by atoms with E-state index >= 15 is 0 Å². The van der Waals surface area contributed by atoms with Gasteiger partial charge in [0.15, 0.2) is 5.82 Å². The minimum atomic E-state index is -0.538. The first-order valence-electron chi connectivity index (χ1n) is 7.63. The molecule has 0 radical (unpaired) electrons. The Morgan fingerprint density at radius 1 is 1.21 bits per heavy atom. The van der Waals surface area contributed by atoms with E-state index in [1.54, 1.807) is 23.0 Å². The molecule has 24 heavy (non-hydrogen) atoms. The molecule has 3 rings (SSSR count). The third-order valence-corrected chi connectivity index (χ3v) is 3.71. The molecule has 2 heterocycles. The predicted molar refractivity (Wildman–Crippen MR) is 89.7 cm³/mol. The Labute approximate surface area is 139 Å². The first kappa shape index (κ1) is 15.8. The van der Waals surface area contributed by atoms with Crippen molar-refractivity contribution in [3.8, 4) is 16.9 Å². The highest BCUT2D eigenvalue weighted by atomic mass is 16.1. The molecule has 0 atom stereocenters. The topological polar surface area (TPSA) is 99.6 Å². The summed E-state index contributed by atoms with van der Waals surface area (Å²) < 4.78 is 1.55. The molecule has 0 fully saturated rings. The zero-order valence-electron chi connectivity index (χ0n) is 13.8. The summed E-state index contributed by atoms with van der Waals surface area (Å²) in [5.74, 6) is 0.238. The van der Waals surface area contributed by atoms with Crippen LogP contribution in [-0.4, -0.2) is 31.1 Å². The van der Waals surface area contributed by atoms with Crippen molar-refractivity contribution >= 4 is 5.91 Å². The van der Waals surface area contributed by atoms with E-state index in [0.717, 1.165) is 16.8 Å². The number of benzene rings is 1.